The summed E-state index contributed by atoms with van der Waals surface area (Å²) in [5, 5.41) is 9.25. The van der Waals surface area contributed by atoms with Crippen LogP contribution in [0.5, 0.6) is 0 Å². The van der Waals surface area contributed by atoms with Crippen molar-refractivity contribution in [2.45, 2.75) is 103 Å². The van der Waals surface area contributed by atoms with Crippen LogP contribution in [-0.4, -0.2) is 73.5 Å². The van der Waals surface area contributed by atoms with Crippen LogP contribution in [0.4, 0.5) is 21.1 Å². The molecule has 1 aromatic carbocycles. The summed E-state index contributed by atoms with van der Waals surface area (Å²) < 4.78 is 12.8. The molecule has 2 fully saturated rings. The Morgan fingerprint density at radius 3 is 2.37 bits per heavy atom. The highest BCUT2D eigenvalue weighted by Crippen LogP contribution is 2.36. The van der Waals surface area contributed by atoms with Gasteiger partial charge in [-0.3, -0.25) is 10.1 Å². The van der Waals surface area contributed by atoms with Crippen LogP contribution in [0.2, 0.25) is 5.02 Å². The molecule has 3 heterocycles. The molecule has 1 aliphatic heterocycles. The largest absolute Gasteiger partial charge is 0.444 e. The number of benzene rings is 1. The summed E-state index contributed by atoms with van der Waals surface area (Å²) in [6.07, 6.45) is 4.68. The van der Waals surface area contributed by atoms with Crippen molar-refractivity contribution in [3.8, 4) is 0 Å². The van der Waals surface area contributed by atoms with Crippen molar-refractivity contribution >= 4 is 52.4 Å². The van der Waals surface area contributed by atoms with E-state index in [0.29, 0.717) is 42.1 Å². The molecular weight excluding hydrogens is 612 g/mol. The topological polar surface area (TPSA) is 153 Å². The van der Waals surface area contributed by atoms with Gasteiger partial charge in [-0.25, -0.2) is 24.5 Å². The fourth-order valence-electron chi connectivity index (χ4n) is 5.53. The number of anilines is 2. The molecule has 248 valence electrons. The Hall–Kier alpha value is -4.13. The van der Waals surface area contributed by atoms with E-state index in [9.17, 15) is 14.4 Å². The number of fused-ring (bicyclic) bond motifs is 1. The minimum atomic E-state index is -1.19. The van der Waals surface area contributed by atoms with Gasteiger partial charge in [0, 0.05) is 23.3 Å². The molecule has 14 heteroatoms. The monoisotopic (exact) mass is 654 g/mol. The SMILES string of the molecule is CCc1cc(Cl)cc(N2CC[C@](NC(=O)OC(C)(C)C)(C(=O)NC3CC3)C2)c1Cn1cnc2c(NC(=O)OC(C)(C)C)ncnc21. The molecule has 0 unspecified atom stereocenters. The molecule has 46 heavy (non-hydrogen) atoms. The summed E-state index contributed by atoms with van der Waals surface area (Å²) in [6, 6.07) is 3.95. The maximum absolute atomic E-state index is 13.7. The standard InChI is InChI=1S/C32H43ClN8O5/c1-8-19-13-20(33)14-23(40-12-11-32(16-40,27(42)37-21-9-10-21)39-29(44)46-31(5,6)7)22(19)15-41-18-36-24-25(34-17-35-26(24)41)38-28(43)45-30(2,3)4/h13-14,17-18,21H,8-12,15-16H2,1-7H3,(H,37,42)(H,39,44)(H,34,35,38,43)/t32-/m1/s1. The number of nitrogens with one attached hydrogen (secondary N) is 3. The van der Waals surface area contributed by atoms with E-state index in [2.05, 4.69) is 42.7 Å². The lowest BCUT2D eigenvalue weighted by Crippen LogP contribution is -2.61. The first kappa shape index (κ1) is 33.2. The van der Waals surface area contributed by atoms with Crippen molar-refractivity contribution in [1.29, 1.82) is 0 Å². The number of alkyl carbamates (subject to hydrolysis) is 1. The molecule has 1 aliphatic carbocycles. The van der Waals surface area contributed by atoms with Crippen LogP contribution in [0.3, 0.4) is 0 Å². The molecule has 0 radical (unpaired) electrons. The minimum absolute atomic E-state index is 0.124. The molecule has 1 saturated carbocycles. The molecule has 2 aromatic heterocycles. The van der Waals surface area contributed by atoms with Crippen molar-refractivity contribution in [3.05, 3.63) is 40.9 Å². The zero-order chi connectivity index (χ0) is 33.4. The number of hydrogen-bond donors (Lipinski definition) is 3. The van der Waals surface area contributed by atoms with E-state index in [0.717, 1.165) is 29.7 Å². The van der Waals surface area contributed by atoms with Crippen LogP contribution in [0.1, 0.15) is 78.9 Å². The highest BCUT2D eigenvalue weighted by atomic mass is 35.5. The van der Waals surface area contributed by atoms with Crippen LogP contribution in [0.15, 0.2) is 24.8 Å². The Morgan fingerprint density at radius 2 is 1.72 bits per heavy atom. The van der Waals surface area contributed by atoms with Gasteiger partial charge in [-0.2, -0.15) is 0 Å². The summed E-state index contributed by atoms with van der Waals surface area (Å²) >= 11 is 6.65. The van der Waals surface area contributed by atoms with Crippen molar-refractivity contribution in [2.24, 2.45) is 0 Å². The molecule has 3 N–H and O–H groups in total. The van der Waals surface area contributed by atoms with Gasteiger partial charge >= 0.3 is 12.2 Å². The average Bonchev–Trinajstić information content (AvgIpc) is 3.49. The molecule has 1 saturated heterocycles. The van der Waals surface area contributed by atoms with Crippen LogP contribution >= 0.6 is 11.6 Å². The zero-order valence-electron chi connectivity index (χ0n) is 27.5. The first-order valence-corrected chi connectivity index (χ1v) is 16.0. The van der Waals surface area contributed by atoms with Gasteiger partial charge in [0.25, 0.3) is 0 Å². The maximum Gasteiger partial charge on any atom is 0.413 e. The van der Waals surface area contributed by atoms with Crippen molar-refractivity contribution in [3.63, 3.8) is 0 Å². The van der Waals surface area contributed by atoms with Gasteiger partial charge in [-0.05, 0) is 90.5 Å². The van der Waals surface area contributed by atoms with Gasteiger partial charge in [0.2, 0.25) is 5.91 Å². The van der Waals surface area contributed by atoms with Gasteiger partial charge in [-0.15, -0.1) is 0 Å². The molecular formula is C32H43ClN8O5. The third kappa shape index (κ3) is 7.80. The zero-order valence-corrected chi connectivity index (χ0v) is 28.2. The smallest absolute Gasteiger partial charge is 0.413 e. The van der Waals surface area contributed by atoms with Crippen LogP contribution in [0.25, 0.3) is 11.2 Å². The third-order valence-electron chi connectivity index (χ3n) is 7.71. The maximum atomic E-state index is 13.7. The summed E-state index contributed by atoms with van der Waals surface area (Å²) in [6.45, 7) is 13.9. The van der Waals surface area contributed by atoms with Gasteiger partial charge in [-0.1, -0.05) is 18.5 Å². The van der Waals surface area contributed by atoms with Crippen LogP contribution in [0, 0.1) is 0 Å². The molecule has 1 atom stereocenters. The first-order chi connectivity index (χ1) is 21.6. The van der Waals surface area contributed by atoms with E-state index < -0.39 is 28.9 Å². The second-order valence-corrected chi connectivity index (χ2v) is 14.4. The number of amides is 3. The third-order valence-corrected chi connectivity index (χ3v) is 7.93. The van der Waals surface area contributed by atoms with Crippen LogP contribution in [-0.2, 0) is 27.2 Å². The quantitative estimate of drug-likeness (QED) is 0.298. The minimum Gasteiger partial charge on any atom is -0.444 e. The average molecular weight is 655 g/mol. The number of carbonyl (C=O) groups excluding carboxylic acids is 3. The lowest BCUT2D eigenvalue weighted by atomic mass is 9.97. The fraction of sp³-hybridized carbons (Fsp3) is 0.562. The Balaban J connectivity index is 1.46. The fourth-order valence-corrected chi connectivity index (χ4v) is 5.76. The van der Waals surface area contributed by atoms with Crippen LogP contribution < -0.4 is 20.9 Å². The van der Waals surface area contributed by atoms with E-state index in [1.165, 1.54) is 6.33 Å². The Morgan fingerprint density at radius 1 is 1.02 bits per heavy atom. The molecule has 5 rings (SSSR count). The highest BCUT2D eigenvalue weighted by Gasteiger charge is 2.48. The second kappa shape index (κ2) is 12.6. The molecule has 3 aromatic rings. The molecule has 0 bridgehead atoms. The number of aromatic nitrogens is 4. The molecule has 3 amide bonds. The number of halogens is 1. The van der Waals surface area contributed by atoms with Crippen molar-refractivity contribution in [2.75, 3.05) is 23.3 Å². The molecule has 0 spiro atoms. The lowest BCUT2D eigenvalue weighted by Gasteiger charge is -2.32. The lowest BCUT2D eigenvalue weighted by molar-refractivity contribution is -0.127. The molecule has 2 aliphatic rings. The van der Waals surface area contributed by atoms with Gasteiger partial charge in [0.15, 0.2) is 17.0 Å². The Bertz CT molecular complexity index is 1640. The predicted molar refractivity (Wildman–Crippen MR) is 175 cm³/mol. The number of imidazole rings is 1. The van der Waals surface area contributed by atoms with Crippen molar-refractivity contribution < 1.29 is 23.9 Å². The van der Waals surface area contributed by atoms with Gasteiger partial charge in [0.05, 0.1) is 19.4 Å². The van der Waals surface area contributed by atoms with E-state index in [1.54, 1.807) is 47.9 Å². The number of nitrogens with zero attached hydrogens (tertiary/aromatic N) is 5. The normalized spacial score (nSPS) is 18.4. The summed E-state index contributed by atoms with van der Waals surface area (Å²) in [7, 11) is 0. The predicted octanol–water partition coefficient (Wildman–Crippen LogP) is 5.19. The second-order valence-electron chi connectivity index (χ2n) is 13.9. The van der Waals surface area contributed by atoms with E-state index in [4.69, 9.17) is 21.1 Å². The van der Waals surface area contributed by atoms with E-state index >= 15 is 0 Å². The Kier molecular flexibility index (Phi) is 9.09. The van der Waals surface area contributed by atoms with Gasteiger partial charge in [0.1, 0.15) is 23.1 Å². The summed E-state index contributed by atoms with van der Waals surface area (Å²) in [5.41, 5.74) is 1.20. The van der Waals surface area contributed by atoms with Crippen molar-refractivity contribution in [1.82, 2.24) is 30.2 Å². The number of carbonyl (C=O) groups is 3. The highest BCUT2D eigenvalue weighted by molar-refractivity contribution is 6.31. The number of rotatable bonds is 8. The summed E-state index contributed by atoms with van der Waals surface area (Å²) in [4.78, 5) is 54.4. The number of hydrogen-bond acceptors (Lipinski definition) is 9. The van der Waals surface area contributed by atoms with E-state index in [-0.39, 0.29) is 24.3 Å². The van der Waals surface area contributed by atoms with Gasteiger partial charge < -0.3 is 29.6 Å². The first-order valence-electron chi connectivity index (χ1n) is 15.6. The number of aryl methyl sites for hydroxylation is 1. The number of ether oxygens (including phenoxy) is 2. The Labute approximate surface area is 273 Å². The molecule has 13 nitrogen and oxygen atoms in total. The summed E-state index contributed by atoms with van der Waals surface area (Å²) in [5.74, 6) is 0.0224. The van der Waals surface area contributed by atoms with E-state index in [1.807, 2.05) is 16.7 Å².